The number of carboxylic acids is 1. The normalized spacial score (nSPS) is 14.0. The van der Waals surface area contributed by atoms with Crippen LogP contribution in [0, 0.1) is 0 Å². The Labute approximate surface area is 188 Å². The van der Waals surface area contributed by atoms with Gasteiger partial charge in [-0.25, -0.2) is 4.79 Å². The van der Waals surface area contributed by atoms with Gasteiger partial charge in [0.15, 0.2) is 0 Å². The number of aromatic nitrogens is 2. The van der Waals surface area contributed by atoms with Gasteiger partial charge in [0.25, 0.3) is 0 Å². The van der Waals surface area contributed by atoms with E-state index >= 15 is 0 Å². The van der Waals surface area contributed by atoms with E-state index in [0.717, 1.165) is 52.6 Å². The van der Waals surface area contributed by atoms with Crippen molar-refractivity contribution in [1.29, 1.82) is 0 Å². The Hall–Kier alpha value is -3.61. The molecule has 2 heterocycles. The first-order valence-electron chi connectivity index (χ1n) is 10.7. The molecule has 4 nitrogen and oxygen atoms in total. The van der Waals surface area contributed by atoms with Gasteiger partial charge in [0, 0.05) is 30.9 Å². The average Bonchev–Trinajstić information content (AvgIpc) is 3.56. The molecule has 4 aromatic rings. The van der Waals surface area contributed by atoms with Crippen molar-refractivity contribution in [2.24, 2.45) is 0 Å². The second kappa shape index (κ2) is 8.06. The minimum Gasteiger partial charge on any atom is -0.478 e. The largest absolute Gasteiger partial charge is 0.478 e. The number of benzene rings is 2. The van der Waals surface area contributed by atoms with Crippen molar-refractivity contribution in [3.63, 3.8) is 0 Å². The molecule has 1 aliphatic carbocycles. The van der Waals surface area contributed by atoms with E-state index in [4.69, 9.17) is 0 Å². The topological polar surface area (TPSA) is 55.1 Å². The first kappa shape index (κ1) is 21.2. The fraction of sp³-hybridized carbons (Fsp3) is 0.231. The summed E-state index contributed by atoms with van der Waals surface area (Å²) in [4.78, 5) is 16.2. The monoisotopic (exact) mass is 450 g/mol. The molecule has 2 aromatic heterocycles. The molecule has 0 atom stereocenters. The zero-order chi connectivity index (χ0) is 23.2. The summed E-state index contributed by atoms with van der Waals surface area (Å²) in [6.45, 7) is 0.453. The second-order valence-electron chi connectivity index (χ2n) is 8.55. The molecule has 7 heteroatoms. The van der Waals surface area contributed by atoms with E-state index < -0.39 is 17.7 Å². The van der Waals surface area contributed by atoms with E-state index in [2.05, 4.69) is 4.98 Å². The number of fused-ring (bicyclic) bond motifs is 1. The zero-order valence-corrected chi connectivity index (χ0v) is 17.6. The molecule has 2 aromatic carbocycles. The molecule has 168 valence electrons. The van der Waals surface area contributed by atoms with Crippen LogP contribution >= 0.6 is 0 Å². The van der Waals surface area contributed by atoms with Crippen molar-refractivity contribution in [1.82, 2.24) is 9.55 Å². The summed E-state index contributed by atoms with van der Waals surface area (Å²) < 4.78 is 40.3. The van der Waals surface area contributed by atoms with Crippen LogP contribution in [-0.2, 0) is 19.1 Å². The van der Waals surface area contributed by atoms with Gasteiger partial charge < -0.3 is 9.67 Å². The van der Waals surface area contributed by atoms with Crippen molar-refractivity contribution >= 4 is 16.9 Å². The Morgan fingerprint density at radius 2 is 1.76 bits per heavy atom. The number of pyridine rings is 1. The second-order valence-corrected chi connectivity index (χ2v) is 8.55. The Bertz CT molecular complexity index is 1340. The SMILES string of the molecule is O=C(O)c1cc(C2CC2)cnc1Cc1ccc2c(ccn2Cc2ccc(C(F)(F)F)cc2)c1. The molecule has 0 unspecified atom stereocenters. The molecule has 0 amide bonds. The number of alkyl halides is 3. The molecule has 0 spiro atoms. The van der Waals surface area contributed by atoms with Crippen molar-refractivity contribution in [3.8, 4) is 0 Å². The lowest BCUT2D eigenvalue weighted by atomic mass is 10.0. The maximum atomic E-state index is 12.8. The number of rotatable bonds is 6. The molecule has 1 saturated carbocycles. The molecule has 33 heavy (non-hydrogen) atoms. The molecular weight excluding hydrogens is 429 g/mol. The van der Waals surface area contributed by atoms with E-state index in [1.165, 1.54) is 12.1 Å². The predicted octanol–water partition coefficient (Wildman–Crippen LogP) is 6.27. The lowest BCUT2D eigenvalue weighted by molar-refractivity contribution is -0.137. The van der Waals surface area contributed by atoms with Crippen LogP contribution in [0.5, 0.6) is 0 Å². The van der Waals surface area contributed by atoms with E-state index in [-0.39, 0.29) is 5.56 Å². The Morgan fingerprint density at radius 3 is 2.42 bits per heavy atom. The van der Waals surface area contributed by atoms with Crippen LogP contribution in [0.4, 0.5) is 13.2 Å². The highest BCUT2D eigenvalue weighted by Gasteiger charge is 2.30. The van der Waals surface area contributed by atoms with Crippen LogP contribution in [0.3, 0.4) is 0 Å². The quantitative estimate of drug-likeness (QED) is 0.377. The van der Waals surface area contributed by atoms with E-state index in [0.29, 0.717) is 24.6 Å². The van der Waals surface area contributed by atoms with Gasteiger partial charge in [-0.1, -0.05) is 18.2 Å². The van der Waals surface area contributed by atoms with Gasteiger partial charge in [0.05, 0.1) is 16.8 Å². The lowest BCUT2D eigenvalue weighted by Crippen LogP contribution is -2.07. The average molecular weight is 450 g/mol. The molecule has 1 fully saturated rings. The minimum absolute atomic E-state index is 0.249. The zero-order valence-electron chi connectivity index (χ0n) is 17.6. The Balaban J connectivity index is 1.37. The highest BCUT2D eigenvalue weighted by atomic mass is 19.4. The molecule has 1 N–H and O–H groups in total. The summed E-state index contributed by atoms with van der Waals surface area (Å²) in [5.41, 5.74) is 3.79. The smallest absolute Gasteiger partial charge is 0.416 e. The maximum absolute atomic E-state index is 12.8. The van der Waals surface area contributed by atoms with Gasteiger partial charge in [-0.2, -0.15) is 13.2 Å². The molecule has 0 bridgehead atoms. The fourth-order valence-corrected chi connectivity index (χ4v) is 4.16. The number of halogens is 3. The van der Waals surface area contributed by atoms with Crippen LogP contribution in [-0.4, -0.2) is 20.6 Å². The summed E-state index contributed by atoms with van der Waals surface area (Å²) in [6.07, 6.45) is 1.92. The third-order valence-corrected chi connectivity index (χ3v) is 6.11. The summed E-state index contributed by atoms with van der Waals surface area (Å²) in [5, 5.41) is 10.6. The number of hydrogen-bond acceptors (Lipinski definition) is 2. The van der Waals surface area contributed by atoms with Crippen molar-refractivity contribution in [3.05, 3.63) is 101 Å². The lowest BCUT2D eigenvalue weighted by Gasteiger charge is -2.10. The Morgan fingerprint density at radius 1 is 1.03 bits per heavy atom. The predicted molar refractivity (Wildman–Crippen MR) is 118 cm³/mol. The van der Waals surface area contributed by atoms with Gasteiger partial charge in [0.2, 0.25) is 0 Å². The molecule has 0 aliphatic heterocycles. The minimum atomic E-state index is -4.34. The number of hydrogen-bond donors (Lipinski definition) is 1. The van der Waals surface area contributed by atoms with Crippen LogP contribution in [0.25, 0.3) is 10.9 Å². The van der Waals surface area contributed by atoms with E-state index in [1.807, 2.05) is 35.0 Å². The number of carbonyl (C=O) groups is 1. The summed E-state index contributed by atoms with van der Waals surface area (Å²) in [7, 11) is 0. The summed E-state index contributed by atoms with van der Waals surface area (Å²) >= 11 is 0. The molecule has 1 aliphatic rings. The molecule has 5 rings (SSSR count). The van der Waals surface area contributed by atoms with Crippen LogP contribution in [0.15, 0.2) is 67.0 Å². The summed E-state index contributed by atoms with van der Waals surface area (Å²) in [6, 6.07) is 14.8. The first-order valence-corrected chi connectivity index (χ1v) is 10.7. The van der Waals surface area contributed by atoms with E-state index in [9.17, 15) is 23.1 Å². The third kappa shape index (κ3) is 4.49. The maximum Gasteiger partial charge on any atom is 0.416 e. The Kier molecular flexibility index (Phi) is 5.19. The van der Waals surface area contributed by atoms with Gasteiger partial charge in [-0.05, 0) is 77.2 Å². The highest BCUT2D eigenvalue weighted by molar-refractivity contribution is 5.89. The molecule has 0 radical (unpaired) electrons. The van der Waals surface area contributed by atoms with Crippen molar-refractivity contribution in [2.45, 2.75) is 37.9 Å². The molecule has 0 saturated heterocycles. The van der Waals surface area contributed by atoms with Gasteiger partial charge in [0.1, 0.15) is 0 Å². The number of aromatic carboxylic acids is 1. The number of nitrogens with zero attached hydrogens (tertiary/aromatic N) is 2. The van der Waals surface area contributed by atoms with Crippen molar-refractivity contribution in [2.75, 3.05) is 0 Å². The van der Waals surface area contributed by atoms with Crippen LogP contribution in [0.1, 0.15) is 57.1 Å². The highest BCUT2D eigenvalue weighted by Crippen LogP contribution is 2.40. The first-order chi connectivity index (χ1) is 15.8. The third-order valence-electron chi connectivity index (χ3n) is 6.11. The summed E-state index contributed by atoms with van der Waals surface area (Å²) in [5.74, 6) is -0.533. The van der Waals surface area contributed by atoms with Crippen LogP contribution < -0.4 is 0 Å². The standard InChI is InChI=1S/C26H21F3N2O2/c27-26(28,29)21-6-1-16(2-7-21)15-31-10-9-19-11-17(3-8-24(19)31)12-23-22(25(32)33)13-20(14-30-23)18-4-5-18/h1-3,6-11,13-14,18H,4-5,12,15H2,(H,32,33). The van der Waals surface area contributed by atoms with Gasteiger partial charge >= 0.3 is 12.1 Å². The number of carboxylic acid groups (broad SMARTS) is 1. The fourth-order valence-electron chi connectivity index (χ4n) is 4.16. The van der Waals surface area contributed by atoms with Crippen molar-refractivity contribution < 1.29 is 23.1 Å². The van der Waals surface area contributed by atoms with Gasteiger partial charge in [-0.15, -0.1) is 0 Å². The molecular formula is C26H21F3N2O2. The van der Waals surface area contributed by atoms with E-state index in [1.54, 1.807) is 12.3 Å². The van der Waals surface area contributed by atoms with Gasteiger partial charge in [-0.3, -0.25) is 4.98 Å². The van der Waals surface area contributed by atoms with Crippen LogP contribution in [0.2, 0.25) is 0 Å².